The monoisotopic (exact) mass is 390 g/mol. The molecule has 3 heterocycles. The highest BCUT2D eigenvalue weighted by Gasteiger charge is 2.22. The van der Waals surface area contributed by atoms with Crippen molar-refractivity contribution in [1.82, 2.24) is 25.2 Å². The first-order chi connectivity index (χ1) is 12.7. The maximum atomic E-state index is 12.5. The van der Waals surface area contributed by atoms with Crippen molar-refractivity contribution < 1.29 is 9.53 Å². The Labute approximate surface area is 158 Å². The van der Waals surface area contributed by atoms with E-state index in [0.717, 1.165) is 29.7 Å². The fourth-order valence-electron chi connectivity index (χ4n) is 2.72. The van der Waals surface area contributed by atoms with Gasteiger partial charge in [0.25, 0.3) is 0 Å². The first kappa shape index (κ1) is 17.4. The molecule has 2 unspecified atom stereocenters. The fraction of sp³-hybridized carbons (Fsp3) is 0.438. The summed E-state index contributed by atoms with van der Waals surface area (Å²) in [5, 5.41) is 15.5. The van der Waals surface area contributed by atoms with E-state index in [1.54, 1.807) is 4.68 Å². The van der Waals surface area contributed by atoms with Crippen molar-refractivity contribution in [2.24, 2.45) is 0 Å². The topological polar surface area (TPSA) is 94.8 Å². The number of thiazole rings is 1. The van der Waals surface area contributed by atoms with Crippen molar-refractivity contribution >= 4 is 44.4 Å². The zero-order valence-corrected chi connectivity index (χ0v) is 15.8. The number of nitrogens with one attached hydrogen (secondary N) is 1. The molecule has 1 saturated heterocycles. The first-order valence-electron chi connectivity index (χ1n) is 8.40. The lowest BCUT2D eigenvalue weighted by Gasteiger charge is -2.12. The summed E-state index contributed by atoms with van der Waals surface area (Å²) in [4.78, 5) is 16.9. The SMILES string of the molecule is CC(Sc1nnnn1CC1CCCO1)C(=O)Nc1nc2ccccc2s1. The molecule has 0 aliphatic carbocycles. The molecule has 0 spiro atoms. The van der Waals surface area contributed by atoms with Gasteiger partial charge in [0.1, 0.15) is 0 Å². The highest BCUT2D eigenvalue weighted by Crippen LogP contribution is 2.27. The molecule has 1 fully saturated rings. The smallest absolute Gasteiger partial charge is 0.239 e. The molecule has 2 aromatic heterocycles. The second-order valence-corrected chi connectivity index (χ2v) is 8.35. The average molecular weight is 390 g/mol. The van der Waals surface area contributed by atoms with Gasteiger partial charge in [0, 0.05) is 6.61 Å². The molecule has 0 saturated carbocycles. The van der Waals surface area contributed by atoms with Gasteiger partial charge in [0.2, 0.25) is 11.1 Å². The van der Waals surface area contributed by atoms with Crippen molar-refractivity contribution in [3.8, 4) is 0 Å². The van der Waals surface area contributed by atoms with Crippen molar-refractivity contribution in [3.63, 3.8) is 0 Å². The van der Waals surface area contributed by atoms with E-state index in [-0.39, 0.29) is 17.3 Å². The summed E-state index contributed by atoms with van der Waals surface area (Å²) in [6.07, 6.45) is 2.22. The largest absolute Gasteiger partial charge is 0.376 e. The minimum Gasteiger partial charge on any atom is -0.376 e. The number of ether oxygens (including phenoxy) is 1. The van der Waals surface area contributed by atoms with Crippen molar-refractivity contribution in [2.45, 2.75) is 42.8 Å². The molecule has 0 bridgehead atoms. The number of carbonyl (C=O) groups excluding carboxylic acids is 1. The highest BCUT2D eigenvalue weighted by atomic mass is 32.2. The molecule has 1 aliphatic rings. The van der Waals surface area contributed by atoms with E-state index in [0.29, 0.717) is 16.8 Å². The van der Waals surface area contributed by atoms with Gasteiger partial charge in [-0.2, -0.15) is 0 Å². The van der Waals surface area contributed by atoms with Crippen molar-refractivity contribution in [3.05, 3.63) is 24.3 Å². The predicted molar refractivity (Wildman–Crippen MR) is 100 cm³/mol. The van der Waals surface area contributed by atoms with Gasteiger partial charge in [-0.1, -0.05) is 35.2 Å². The summed E-state index contributed by atoms with van der Waals surface area (Å²) in [5.41, 5.74) is 0.883. The number of hydrogen-bond acceptors (Lipinski definition) is 8. The molecule has 0 radical (unpaired) electrons. The van der Waals surface area contributed by atoms with Crippen LogP contribution in [0.3, 0.4) is 0 Å². The van der Waals surface area contributed by atoms with E-state index >= 15 is 0 Å². The maximum Gasteiger partial charge on any atom is 0.239 e. The molecular formula is C16H18N6O2S2. The van der Waals surface area contributed by atoms with Crippen LogP contribution in [0.25, 0.3) is 10.2 Å². The predicted octanol–water partition coefficient (Wildman–Crippen LogP) is 2.58. The second-order valence-electron chi connectivity index (χ2n) is 6.01. The number of fused-ring (bicyclic) bond motifs is 1. The molecule has 26 heavy (non-hydrogen) atoms. The van der Waals surface area contributed by atoms with Gasteiger partial charge in [0.05, 0.1) is 28.1 Å². The van der Waals surface area contributed by atoms with Crippen molar-refractivity contribution in [2.75, 3.05) is 11.9 Å². The van der Waals surface area contributed by atoms with Gasteiger partial charge in [-0.25, -0.2) is 9.67 Å². The molecule has 3 aromatic rings. The number of carbonyl (C=O) groups is 1. The molecule has 2 atom stereocenters. The number of nitrogens with zero attached hydrogens (tertiary/aromatic N) is 5. The summed E-state index contributed by atoms with van der Waals surface area (Å²) in [5.74, 6) is -0.124. The molecule has 4 rings (SSSR count). The fourth-order valence-corrected chi connectivity index (χ4v) is 4.39. The molecule has 136 valence electrons. The molecule has 1 aliphatic heterocycles. The van der Waals surface area contributed by atoms with Crippen LogP contribution in [-0.2, 0) is 16.1 Å². The van der Waals surface area contributed by atoms with Crippen LogP contribution in [0.5, 0.6) is 0 Å². The van der Waals surface area contributed by atoms with Gasteiger partial charge in [-0.3, -0.25) is 4.79 Å². The standard InChI is InChI=1S/C16H18N6O2S2/c1-10(14(23)18-15-17-12-6-2-3-7-13(12)26-15)25-16-19-20-21-22(16)9-11-5-4-8-24-11/h2-3,6-7,10-11H,4-5,8-9H2,1H3,(H,17,18,23). The minimum absolute atomic E-state index is 0.124. The van der Waals surface area contributed by atoms with Crippen LogP contribution in [0.4, 0.5) is 5.13 Å². The number of anilines is 1. The average Bonchev–Trinajstić information content (AvgIpc) is 3.36. The third-order valence-corrected chi connectivity index (χ3v) is 6.10. The Kier molecular flexibility index (Phi) is 5.14. The molecule has 1 amide bonds. The number of benzene rings is 1. The normalized spacial score (nSPS) is 18.3. The van der Waals surface area contributed by atoms with Gasteiger partial charge in [-0.15, -0.1) is 5.10 Å². The lowest BCUT2D eigenvalue weighted by atomic mass is 10.2. The Hall–Kier alpha value is -2.04. The lowest BCUT2D eigenvalue weighted by molar-refractivity contribution is -0.115. The van der Waals surface area contributed by atoms with E-state index < -0.39 is 0 Å². The maximum absolute atomic E-state index is 12.5. The van der Waals surface area contributed by atoms with E-state index in [9.17, 15) is 4.79 Å². The van der Waals surface area contributed by atoms with E-state index in [2.05, 4.69) is 25.8 Å². The second kappa shape index (κ2) is 7.68. The zero-order chi connectivity index (χ0) is 17.9. The third kappa shape index (κ3) is 3.87. The van der Waals surface area contributed by atoms with Crippen LogP contribution in [0, 0.1) is 0 Å². The van der Waals surface area contributed by atoms with E-state index in [1.165, 1.54) is 23.1 Å². The number of rotatable bonds is 6. The van der Waals surface area contributed by atoms with Crippen LogP contribution >= 0.6 is 23.1 Å². The quantitative estimate of drug-likeness (QED) is 0.646. The Morgan fingerprint density at radius 2 is 2.38 bits per heavy atom. The molecular weight excluding hydrogens is 372 g/mol. The Morgan fingerprint density at radius 3 is 3.19 bits per heavy atom. The first-order valence-corrected chi connectivity index (χ1v) is 10.1. The van der Waals surface area contributed by atoms with Gasteiger partial charge >= 0.3 is 0 Å². The zero-order valence-electron chi connectivity index (χ0n) is 14.2. The van der Waals surface area contributed by atoms with Gasteiger partial charge < -0.3 is 10.1 Å². The number of amides is 1. The van der Waals surface area contributed by atoms with Crippen LogP contribution < -0.4 is 5.32 Å². The van der Waals surface area contributed by atoms with Crippen LogP contribution in [0.2, 0.25) is 0 Å². The summed E-state index contributed by atoms with van der Waals surface area (Å²) in [6.45, 7) is 3.23. The van der Waals surface area contributed by atoms with Gasteiger partial charge in [-0.05, 0) is 42.3 Å². The number of aromatic nitrogens is 5. The number of tetrazole rings is 1. The van der Waals surface area contributed by atoms with E-state index in [1.807, 2.05) is 31.2 Å². The Bertz CT molecular complexity index is 872. The van der Waals surface area contributed by atoms with Crippen LogP contribution in [0.15, 0.2) is 29.4 Å². The molecule has 10 heteroatoms. The van der Waals surface area contributed by atoms with Gasteiger partial charge in [0.15, 0.2) is 5.13 Å². The molecule has 8 nitrogen and oxygen atoms in total. The summed E-state index contributed by atoms with van der Waals surface area (Å²) in [6, 6.07) is 7.80. The Balaban J connectivity index is 1.39. The van der Waals surface area contributed by atoms with Crippen LogP contribution in [-0.4, -0.2) is 49.1 Å². The summed E-state index contributed by atoms with van der Waals surface area (Å²) < 4.78 is 8.39. The van der Waals surface area contributed by atoms with Crippen molar-refractivity contribution in [1.29, 1.82) is 0 Å². The third-order valence-electron chi connectivity index (χ3n) is 4.08. The van der Waals surface area contributed by atoms with Crippen LogP contribution in [0.1, 0.15) is 19.8 Å². The minimum atomic E-state index is -0.351. The molecule has 1 N–H and O–H groups in total. The Morgan fingerprint density at radius 1 is 1.50 bits per heavy atom. The lowest BCUT2D eigenvalue weighted by Crippen LogP contribution is -2.23. The summed E-state index contributed by atoms with van der Waals surface area (Å²) in [7, 11) is 0. The number of hydrogen-bond donors (Lipinski definition) is 1. The summed E-state index contributed by atoms with van der Waals surface area (Å²) >= 11 is 2.79. The number of para-hydroxylation sites is 1. The molecule has 1 aromatic carbocycles. The number of thioether (sulfide) groups is 1. The highest BCUT2D eigenvalue weighted by molar-refractivity contribution is 8.00. The van der Waals surface area contributed by atoms with E-state index in [4.69, 9.17) is 4.74 Å².